The first-order valence-corrected chi connectivity index (χ1v) is 10.3. The fourth-order valence-corrected chi connectivity index (χ4v) is 5.51. The number of hydrogen-bond donors (Lipinski definition) is 0. The Hall–Kier alpha value is -2.47. The predicted molar refractivity (Wildman–Crippen MR) is 103 cm³/mol. The number of esters is 1. The molecule has 2 saturated carbocycles. The number of carbonyl (C=O) groups excluding carboxylic acids is 4. The van der Waals surface area contributed by atoms with Crippen LogP contribution >= 0.6 is 11.6 Å². The van der Waals surface area contributed by atoms with E-state index < -0.39 is 5.97 Å². The molecule has 0 spiro atoms. The van der Waals surface area contributed by atoms with Gasteiger partial charge < -0.3 is 4.74 Å². The Morgan fingerprint density at radius 2 is 1.59 bits per heavy atom. The van der Waals surface area contributed by atoms with E-state index >= 15 is 0 Å². The number of amides is 2. The zero-order valence-corrected chi connectivity index (χ0v) is 16.4. The van der Waals surface area contributed by atoms with Crippen LogP contribution in [0, 0.1) is 35.5 Å². The highest BCUT2D eigenvalue weighted by atomic mass is 35.5. The number of benzene rings is 1. The van der Waals surface area contributed by atoms with Gasteiger partial charge in [0.05, 0.1) is 18.3 Å². The molecule has 150 valence electrons. The van der Waals surface area contributed by atoms with Crippen LogP contribution in [0.4, 0.5) is 0 Å². The monoisotopic (exact) mass is 413 g/mol. The van der Waals surface area contributed by atoms with Gasteiger partial charge in [-0.05, 0) is 54.4 Å². The number of carbonyl (C=O) groups is 4. The fourth-order valence-electron chi connectivity index (χ4n) is 5.38. The molecule has 0 unspecified atom stereocenters. The van der Waals surface area contributed by atoms with Crippen LogP contribution in [0.2, 0.25) is 5.02 Å². The highest BCUT2D eigenvalue weighted by Crippen LogP contribution is 2.65. The minimum Gasteiger partial charge on any atom is -0.457 e. The van der Waals surface area contributed by atoms with E-state index in [4.69, 9.17) is 16.3 Å². The molecule has 2 amide bonds. The number of Topliss-reactive ketones (excluding diaryl/α,β-unsaturated/α-hetero) is 1. The zero-order valence-electron chi connectivity index (χ0n) is 15.6. The number of nitrogens with zero attached hydrogens (tertiary/aromatic N) is 1. The van der Waals surface area contributed by atoms with Crippen molar-refractivity contribution in [2.24, 2.45) is 35.5 Å². The summed E-state index contributed by atoms with van der Waals surface area (Å²) in [6, 6.07) is 6.31. The van der Waals surface area contributed by atoms with Gasteiger partial charge in [0, 0.05) is 17.1 Å². The second kappa shape index (κ2) is 6.80. The lowest BCUT2D eigenvalue weighted by Gasteiger charge is -2.37. The lowest BCUT2D eigenvalue weighted by atomic mass is 9.63. The summed E-state index contributed by atoms with van der Waals surface area (Å²) in [6.07, 6.45) is 5.24. The number of halogens is 1. The van der Waals surface area contributed by atoms with Gasteiger partial charge in [-0.1, -0.05) is 23.8 Å². The number of hydrogen-bond acceptors (Lipinski definition) is 5. The minimum atomic E-state index is -0.605. The molecular weight excluding hydrogens is 394 g/mol. The molecule has 0 N–H and O–H groups in total. The maximum absolute atomic E-state index is 12.8. The molecule has 0 aromatic heterocycles. The molecule has 4 aliphatic carbocycles. The quantitative estimate of drug-likeness (QED) is 0.310. The summed E-state index contributed by atoms with van der Waals surface area (Å²) < 4.78 is 5.03. The van der Waals surface area contributed by atoms with Crippen molar-refractivity contribution in [1.82, 2.24) is 4.90 Å². The number of ketones is 1. The average Bonchev–Trinajstić information content (AvgIpc) is 3.50. The van der Waals surface area contributed by atoms with Crippen LogP contribution in [0.25, 0.3) is 0 Å². The van der Waals surface area contributed by atoms with Crippen molar-refractivity contribution in [1.29, 1.82) is 0 Å². The Morgan fingerprint density at radius 3 is 2.17 bits per heavy atom. The van der Waals surface area contributed by atoms with Crippen LogP contribution in [0.15, 0.2) is 36.4 Å². The minimum absolute atomic E-state index is 0.00735. The first-order chi connectivity index (χ1) is 14.0. The highest BCUT2D eigenvalue weighted by molar-refractivity contribution is 6.30. The molecule has 1 aromatic carbocycles. The summed E-state index contributed by atoms with van der Waals surface area (Å²) in [7, 11) is 0. The fraction of sp³-hybridized carbons (Fsp3) is 0.455. The Bertz CT molecular complexity index is 903. The third-order valence-corrected chi connectivity index (χ3v) is 7.08. The van der Waals surface area contributed by atoms with Gasteiger partial charge in [0.15, 0.2) is 12.4 Å². The Labute approximate surface area is 172 Å². The molecule has 7 heteroatoms. The predicted octanol–water partition coefficient (Wildman–Crippen LogP) is 2.51. The van der Waals surface area contributed by atoms with Crippen LogP contribution in [0.3, 0.4) is 0 Å². The summed E-state index contributed by atoms with van der Waals surface area (Å²) in [5, 5.41) is 0.514. The van der Waals surface area contributed by atoms with Gasteiger partial charge in [-0.15, -0.1) is 0 Å². The van der Waals surface area contributed by atoms with E-state index in [1.807, 2.05) is 0 Å². The third-order valence-electron chi connectivity index (χ3n) is 6.82. The molecular formula is C22H20ClNO5. The second-order valence-electron chi connectivity index (χ2n) is 8.32. The van der Waals surface area contributed by atoms with Gasteiger partial charge in [-0.25, -0.2) is 0 Å². The van der Waals surface area contributed by atoms with Crippen molar-refractivity contribution in [3.63, 3.8) is 0 Å². The lowest BCUT2D eigenvalue weighted by Crippen LogP contribution is -2.40. The van der Waals surface area contributed by atoms with Crippen molar-refractivity contribution in [3.8, 4) is 0 Å². The summed E-state index contributed by atoms with van der Waals surface area (Å²) >= 11 is 5.79. The van der Waals surface area contributed by atoms with Crippen molar-refractivity contribution in [2.45, 2.75) is 12.8 Å². The standard InChI is InChI=1S/C22H20ClNO5/c23-12-3-1-11(2-4-12)17(25)10-29-18(26)7-8-24-21(27)19-13-5-6-14(16-9-15(13)16)20(19)22(24)28/h1-6,13-16,19-20H,7-10H2/t13-,14-,15-,16-,19-,20+/m1/s1. The Balaban J connectivity index is 1.15. The molecule has 1 saturated heterocycles. The number of rotatable bonds is 6. The van der Waals surface area contributed by atoms with Crippen LogP contribution < -0.4 is 0 Å². The van der Waals surface area contributed by atoms with Crippen molar-refractivity contribution in [2.75, 3.05) is 13.2 Å². The van der Waals surface area contributed by atoms with Gasteiger partial charge in [-0.3, -0.25) is 24.1 Å². The molecule has 1 heterocycles. The Kier molecular flexibility index (Phi) is 4.35. The van der Waals surface area contributed by atoms with E-state index in [2.05, 4.69) is 12.2 Å². The van der Waals surface area contributed by atoms with Crippen LogP contribution in [-0.4, -0.2) is 41.6 Å². The average molecular weight is 414 g/mol. The van der Waals surface area contributed by atoms with Crippen molar-refractivity contribution in [3.05, 3.63) is 47.0 Å². The van der Waals surface area contributed by atoms with Crippen LogP contribution in [0.5, 0.6) is 0 Å². The molecule has 3 fully saturated rings. The lowest BCUT2D eigenvalue weighted by molar-refractivity contribution is -0.145. The van der Waals surface area contributed by atoms with Crippen LogP contribution in [-0.2, 0) is 19.1 Å². The molecule has 6 rings (SSSR count). The maximum atomic E-state index is 12.8. The number of ether oxygens (including phenoxy) is 1. The second-order valence-corrected chi connectivity index (χ2v) is 8.76. The molecule has 6 nitrogen and oxygen atoms in total. The molecule has 0 radical (unpaired) electrons. The maximum Gasteiger partial charge on any atom is 0.308 e. The molecule has 2 bridgehead atoms. The summed E-state index contributed by atoms with van der Waals surface area (Å²) in [4.78, 5) is 51.1. The first-order valence-electron chi connectivity index (χ1n) is 9.93. The summed E-state index contributed by atoms with van der Waals surface area (Å²) in [6.45, 7) is -0.377. The van der Waals surface area contributed by atoms with Crippen LogP contribution in [0.1, 0.15) is 23.2 Å². The molecule has 6 atom stereocenters. The third kappa shape index (κ3) is 3.01. The van der Waals surface area contributed by atoms with Gasteiger partial charge in [0.2, 0.25) is 11.8 Å². The van der Waals surface area contributed by atoms with E-state index in [9.17, 15) is 19.2 Å². The summed E-state index contributed by atoms with van der Waals surface area (Å²) in [5.41, 5.74) is 0.401. The zero-order chi connectivity index (χ0) is 20.3. The topological polar surface area (TPSA) is 80.8 Å². The van der Waals surface area contributed by atoms with Gasteiger partial charge in [0.25, 0.3) is 0 Å². The van der Waals surface area contributed by atoms with Crippen molar-refractivity contribution < 1.29 is 23.9 Å². The molecule has 1 aliphatic heterocycles. The number of likely N-dealkylation sites (tertiary alicyclic amines) is 1. The number of allylic oxidation sites excluding steroid dienone is 2. The van der Waals surface area contributed by atoms with E-state index in [0.717, 1.165) is 6.42 Å². The summed E-state index contributed by atoms with van der Waals surface area (Å²) in [5.74, 6) is -0.348. The smallest absolute Gasteiger partial charge is 0.308 e. The molecule has 5 aliphatic rings. The number of imide groups is 1. The normalized spacial score (nSPS) is 33.5. The molecule has 29 heavy (non-hydrogen) atoms. The van der Waals surface area contributed by atoms with Gasteiger partial charge >= 0.3 is 5.97 Å². The highest BCUT2D eigenvalue weighted by Gasteiger charge is 2.66. The Morgan fingerprint density at radius 1 is 1.00 bits per heavy atom. The van der Waals surface area contributed by atoms with E-state index in [-0.39, 0.29) is 60.8 Å². The van der Waals surface area contributed by atoms with E-state index in [1.54, 1.807) is 24.3 Å². The van der Waals surface area contributed by atoms with Crippen molar-refractivity contribution >= 4 is 35.2 Å². The van der Waals surface area contributed by atoms with Gasteiger partial charge in [-0.2, -0.15) is 0 Å². The van der Waals surface area contributed by atoms with Gasteiger partial charge in [0.1, 0.15) is 0 Å². The molecule has 1 aromatic rings. The van der Waals surface area contributed by atoms with E-state index in [0.29, 0.717) is 22.4 Å². The van der Waals surface area contributed by atoms with E-state index in [1.165, 1.54) is 4.90 Å². The first kappa shape index (κ1) is 18.6. The SMILES string of the molecule is O=C(CCN1C(=O)[C@@H]2[C@@H]3C=C[C@H]([C@H]4C[C@H]34)[C@@H]2C1=O)OCC(=O)c1ccc(Cl)cc1. The largest absolute Gasteiger partial charge is 0.457 e.